The average Bonchev–Trinajstić information content (AvgIpc) is 3.24. The molecule has 1 atom stereocenters. The quantitative estimate of drug-likeness (QED) is 0.0263. The average molecular weight is 841 g/mol. The standard InChI is InChI=1S/C54H96O6/c1-4-7-10-13-16-19-22-25-26-27-28-30-32-35-38-41-44-47-53(56)59-50-51(49-58-52(55)46-43-40-37-34-31-24-21-18-15-12-9-6-3)60-54(57)48-45-42-39-36-33-29-23-20-17-14-11-8-5-2/h9,12,16,18-19,21,25-26,51H,4-8,10-11,13-15,17,20,22-24,27-50H2,1-3H3/b12-9-,19-16-,21-18-,26-25-. The van der Waals surface area contributed by atoms with Gasteiger partial charge < -0.3 is 14.2 Å². The Bertz CT molecular complexity index is 1060. The van der Waals surface area contributed by atoms with Crippen molar-refractivity contribution in [2.75, 3.05) is 13.2 Å². The van der Waals surface area contributed by atoms with Gasteiger partial charge in [-0.1, -0.05) is 211 Å². The molecule has 348 valence electrons. The maximum absolute atomic E-state index is 12.8. The maximum atomic E-state index is 12.8. The number of carbonyl (C=O) groups is 3. The van der Waals surface area contributed by atoms with Crippen molar-refractivity contribution in [3.63, 3.8) is 0 Å². The molecule has 0 aromatic carbocycles. The van der Waals surface area contributed by atoms with Gasteiger partial charge >= 0.3 is 17.9 Å². The molecule has 0 aliphatic rings. The molecular weight excluding hydrogens is 745 g/mol. The molecule has 0 saturated heterocycles. The van der Waals surface area contributed by atoms with Gasteiger partial charge in [0.1, 0.15) is 13.2 Å². The van der Waals surface area contributed by atoms with Gasteiger partial charge in [0.05, 0.1) is 0 Å². The predicted octanol–water partition coefficient (Wildman–Crippen LogP) is 16.7. The topological polar surface area (TPSA) is 78.9 Å². The van der Waals surface area contributed by atoms with Gasteiger partial charge in [-0.3, -0.25) is 14.4 Å². The first-order valence-electron chi connectivity index (χ1n) is 25.6. The highest BCUT2D eigenvalue weighted by Crippen LogP contribution is 2.15. The van der Waals surface area contributed by atoms with Gasteiger partial charge in [0.15, 0.2) is 6.10 Å². The molecule has 0 aliphatic carbocycles. The van der Waals surface area contributed by atoms with E-state index in [0.717, 1.165) is 96.3 Å². The van der Waals surface area contributed by atoms with Crippen molar-refractivity contribution in [1.82, 2.24) is 0 Å². The zero-order chi connectivity index (χ0) is 43.7. The molecule has 0 spiro atoms. The molecule has 0 aromatic heterocycles. The fourth-order valence-corrected chi connectivity index (χ4v) is 7.22. The highest BCUT2D eigenvalue weighted by atomic mass is 16.6. The minimum absolute atomic E-state index is 0.0799. The van der Waals surface area contributed by atoms with Crippen molar-refractivity contribution >= 4 is 17.9 Å². The Hall–Kier alpha value is -2.63. The second kappa shape index (κ2) is 49.0. The Morgan fingerprint density at radius 1 is 0.350 bits per heavy atom. The van der Waals surface area contributed by atoms with Gasteiger partial charge in [-0.15, -0.1) is 0 Å². The largest absolute Gasteiger partial charge is 0.462 e. The van der Waals surface area contributed by atoms with Crippen molar-refractivity contribution < 1.29 is 28.6 Å². The van der Waals surface area contributed by atoms with Crippen molar-refractivity contribution in [3.8, 4) is 0 Å². The van der Waals surface area contributed by atoms with Crippen LogP contribution in [0, 0.1) is 0 Å². The summed E-state index contributed by atoms with van der Waals surface area (Å²) in [5, 5.41) is 0. The summed E-state index contributed by atoms with van der Waals surface area (Å²) in [7, 11) is 0. The third-order valence-corrected chi connectivity index (χ3v) is 11.1. The van der Waals surface area contributed by atoms with Crippen LogP contribution in [0.5, 0.6) is 0 Å². The molecule has 0 amide bonds. The highest BCUT2D eigenvalue weighted by molar-refractivity contribution is 5.71. The van der Waals surface area contributed by atoms with E-state index in [-0.39, 0.29) is 31.1 Å². The summed E-state index contributed by atoms with van der Waals surface area (Å²) in [5.41, 5.74) is 0. The highest BCUT2D eigenvalue weighted by Gasteiger charge is 2.19. The summed E-state index contributed by atoms with van der Waals surface area (Å²) < 4.78 is 16.8. The van der Waals surface area contributed by atoms with Crippen LogP contribution in [0.4, 0.5) is 0 Å². The van der Waals surface area contributed by atoms with Gasteiger partial charge in [0.2, 0.25) is 0 Å². The molecule has 1 unspecified atom stereocenters. The maximum Gasteiger partial charge on any atom is 0.306 e. The second-order valence-corrected chi connectivity index (χ2v) is 17.1. The number of carbonyl (C=O) groups excluding carboxylic acids is 3. The molecule has 60 heavy (non-hydrogen) atoms. The summed E-state index contributed by atoms with van der Waals surface area (Å²) in [4.78, 5) is 37.9. The summed E-state index contributed by atoms with van der Waals surface area (Å²) in [6.07, 6.45) is 58.0. The first kappa shape index (κ1) is 57.4. The molecule has 0 rings (SSSR count). The van der Waals surface area contributed by atoms with Crippen molar-refractivity contribution in [3.05, 3.63) is 48.6 Å². The number of ether oxygens (including phenoxy) is 3. The van der Waals surface area contributed by atoms with Gasteiger partial charge in [-0.2, -0.15) is 0 Å². The van der Waals surface area contributed by atoms with E-state index in [4.69, 9.17) is 14.2 Å². The lowest BCUT2D eigenvalue weighted by Gasteiger charge is -2.18. The number of esters is 3. The lowest BCUT2D eigenvalue weighted by Crippen LogP contribution is -2.30. The molecule has 6 heteroatoms. The van der Waals surface area contributed by atoms with E-state index in [9.17, 15) is 14.4 Å². The molecule has 6 nitrogen and oxygen atoms in total. The van der Waals surface area contributed by atoms with Gasteiger partial charge in [-0.25, -0.2) is 0 Å². The Kier molecular flexibility index (Phi) is 46.9. The van der Waals surface area contributed by atoms with Crippen LogP contribution < -0.4 is 0 Å². The summed E-state index contributed by atoms with van der Waals surface area (Å²) in [6.45, 7) is 6.49. The van der Waals surface area contributed by atoms with Crippen LogP contribution >= 0.6 is 0 Å². The van der Waals surface area contributed by atoms with Crippen molar-refractivity contribution in [2.45, 2.75) is 264 Å². The molecule has 0 saturated carbocycles. The zero-order valence-corrected chi connectivity index (χ0v) is 39.7. The number of hydrogen-bond donors (Lipinski definition) is 0. The molecule has 0 N–H and O–H groups in total. The van der Waals surface area contributed by atoms with E-state index >= 15 is 0 Å². The zero-order valence-electron chi connectivity index (χ0n) is 39.7. The van der Waals surface area contributed by atoms with E-state index in [0.29, 0.717) is 19.3 Å². The normalized spacial score (nSPS) is 12.4. The number of unbranched alkanes of at least 4 members (excludes halogenated alkanes) is 27. The molecular formula is C54H96O6. The molecule has 0 heterocycles. The van der Waals surface area contributed by atoms with Crippen LogP contribution in [-0.2, 0) is 28.6 Å². The third kappa shape index (κ3) is 46.4. The monoisotopic (exact) mass is 841 g/mol. The summed E-state index contributed by atoms with van der Waals surface area (Å²) in [5.74, 6) is -0.895. The summed E-state index contributed by atoms with van der Waals surface area (Å²) in [6, 6.07) is 0. The summed E-state index contributed by atoms with van der Waals surface area (Å²) >= 11 is 0. The van der Waals surface area contributed by atoms with Crippen LogP contribution in [-0.4, -0.2) is 37.2 Å². The smallest absolute Gasteiger partial charge is 0.306 e. The molecule has 0 bridgehead atoms. The molecule has 0 aliphatic heterocycles. The number of allylic oxidation sites excluding steroid dienone is 8. The van der Waals surface area contributed by atoms with E-state index in [1.54, 1.807) is 0 Å². The van der Waals surface area contributed by atoms with Crippen LogP contribution in [0.25, 0.3) is 0 Å². The fraction of sp³-hybridized carbons (Fsp3) is 0.796. The third-order valence-electron chi connectivity index (χ3n) is 11.1. The van der Waals surface area contributed by atoms with E-state index in [2.05, 4.69) is 69.4 Å². The fourth-order valence-electron chi connectivity index (χ4n) is 7.22. The van der Waals surface area contributed by atoms with Crippen molar-refractivity contribution in [1.29, 1.82) is 0 Å². The molecule has 0 fully saturated rings. The predicted molar refractivity (Wildman–Crippen MR) is 256 cm³/mol. The minimum Gasteiger partial charge on any atom is -0.462 e. The molecule has 0 radical (unpaired) electrons. The number of rotatable bonds is 46. The lowest BCUT2D eigenvalue weighted by molar-refractivity contribution is -0.167. The van der Waals surface area contributed by atoms with Gasteiger partial charge in [0, 0.05) is 19.3 Å². The SMILES string of the molecule is CC/C=C\C/C=C\CCCCCCCC(=O)OCC(COC(=O)CCCCCCCCC/C=C\C/C=C\CCCCC)OC(=O)CCCCCCCCCCCCCCC. The number of hydrogen-bond acceptors (Lipinski definition) is 6. The van der Waals surface area contributed by atoms with E-state index in [1.165, 1.54) is 122 Å². The van der Waals surface area contributed by atoms with E-state index < -0.39 is 6.10 Å². The first-order chi connectivity index (χ1) is 29.5. The minimum atomic E-state index is -0.778. The Balaban J connectivity index is 4.36. The first-order valence-corrected chi connectivity index (χ1v) is 25.6. The van der Waals surface area contributed by atoms with Crippen LogP contribution in [0.15, 0.2) is 48.6 Å². The van der Waals surface area contributed by atoms with Crippen LogP contribution in [0.2, 0.25) is 0 Å². The van der Waals surface area contributed by atoms with E-state index in [1.807, 2.05) is 0 Å². The van der Waals surface area contributed by atoms with Crippen LogP contribution in [0.3, 0.4) is 0 Å². The Morgan fingerprint density at radius 2 is 0.650 bits per heavy atom. The molecule has 0 aromatic rings. The van der Waals surface area contributed by atoms with Crippen LogP contribution in [0.1, 0.15) is 258 Å². The van der Waals surface area contributed by atoms with Crippen molar-refractivity contribution in [2.24, 2.45) is 0 Å². The lowest BCUT2D eigenvalue weighted by atomic mass is 10.0. The Morgan fingerprint density at radius 3 is 1.03 bits per heavy atom. The van der Waals surface area contributed by atoms with Gasteiger partial charge in [-0.05, 0) is 77.0 Å². The Labute approximate surface area is 371 Å². The van der Waals surface area contributed by atoms with Gasteiger partial charge in [0.25, 0.3) is 0 Å². The second-order valence-electron chi connectivity index (χ2n) is 17.1.